The first-order chi connectivity index (χ1) is 11.4. The standard InChI is InChI=1S/C21H27NO2/c1-14-6-9-19(13-15(14)2)17(4)22-21(23)11-8-18-7-10-20(24-5)16(3)12-18/h6-7,9-10,12-13,17H,8,11H2,1-5H3,(H,22,23)/t17-/m0/s1. The molecule has 0 bridgehead atoms. The molecule has 0 saturated heterocycles. The number of amides is 1. The summed E-state index contributed by atoms with van der Waals surface area (Å²) in [5.74, 6) is 0.959. The van der Waals surface area contributed by atoms with E-state index in [1.165, 1.54) is 11.1 Å². The normalized spacial score (nSPS) is 11.9. The van der Waals surface area contributed by atoms with Crippen LogP contribution in [0, 0.1) is 20.8 Å². The fraction of sp³-hybridized carbons (Fsp3) is 0.381. The van der Waals surface area contributed by atoms with E-state index in [2.05, 4.69) is 43.4 Å². The SMILES string of the molecule is COc1ccc(CCC(=O)N[C@@H](C)c2ccc(C)c(C)c2)cc1C. The molecule has 24 heavy (non-hydrogen) atoms. The molecule has 0 spiro atoms. The van der Waals surface area contributed by atoms with Crippen molar-refractivity contribution in [2.75, 3.05) is 7.11 Å². The van der Waals surface area contributed by atoms with Crippen LogP contribution in [0.2, 0.25) is 0 Å². The average Bonchev–Trinajstić information content (AvgIpc) is 2.55. The lowest BCUT2D eigenvalue weighted by molar-refractivity contribution is -0.121. The lowest BCUT2D eigenvalue weighted by Crippen LogP contribution is -2.26. The number of ether oxygens (including phenoxy) is 1. The van der Waals surface area contributed by atoms with E-state index < -0.39 is 0 Å². The van der Waals surface area contributed by atoms with Crippen molar-refractivity contribution in [1.82, 2.24) is 5.32 Å². The first-order valence-electron chi connectivity index (χ1n) is 8.40. The molecule has 128 valence electrons. The summed E-state index contributed by atoms with van der Waals surface area (Å²) in [5.41, 5.74) is 5.92. The third-order valence-electron chi connectivity index (χ3n) is 4.51. The van der Waals surface area contributed by atoms with Gasteiger partial charge in [0.2, 0.25) is 5.91 Å². The lowest BCUT2D eigenvalue weighted by atomic mass is 10.0. The highest BCUT2D eigenvalue weighted by Gasteiger charge is 2.11. The van der Waals surface area contributed by atoms with E-state index in [0.717, 1.165) is 28.9 Å². The molecule has 1 atom stereocenters. The maximum absolute atomic E-state index is 12.2. The lowest BCUT2D eigenvalue weighted by Gasteiger charge is -2.16. The minimum atomic E-state index is 0.0226. The number of rotatable bonds is 6. The van der Waals surface area contributed by atoms with Gasteiger partial charge in [-0.15, -0.1) is 0 Å². The molecule has 0 unspecified atom stereocenters. The summed E-state index contributed by atoms with van der Waals surface area (Å²) in [4.78, 5) is 12.2. The Morgan fingerprint density at radius 3 is 2.42 bits per heavy atom. The van der Waals surface area contributed by atoms with Crippen LogP contribution < -0.4 is 10.1 Å². The molecule has 0 aliphatic heterocycles. The van der Waals surface area contributed by atoms with Crippen molar-refractivity contribution < 1.29 is 9.53 Å². The summed E-state index contributed by atoms with van der Waals surface area (Å²) < 4.78 is 5.27. The van der Waals surface area contributed by atoms with Crippen molar-refractivity contribution in [2.45, 2.75) is 46.6 Å². The number of carbonyl (C=O) groups excluding carboxylic acids is 1. The average molecular weight is 325 g/mol. The van der Waals surface area contributed by atoms with Crippen LogP contribution in [0.3, 0.4) is 0 Å². The number of methoxy groups -OCH3 is 1. The van der Waals surface area contributed by atoms with Crippen LogP contribution in [-0.4, -0.2) is 13.0 Å². The summed E-state index contributed by atoms with van der Waals surface area (Å²) in [6, 6.07) is 12.4. The van der Waals surface area contributed by atoms with Gasteiger partial charge in [0, 0.05) is 6.42 Å². The van der Waals surface area contributed by atoms with E-state index in [0.29, 0.717) is 6.42 Å². The van der Waals surface area contributed by atoms with E-state index in [1.54, 1.807) is 7.11 Å². The minimum absolute atomic E-state index is 0.0226. The molecule has 0 aliphatic rings. The molecule has 1 amide bonds. The molecule has 0 aromatic heterocycles. The van der Waals surface area contributed by atoms with Gasteiger partial charge < -0.3 is 10.1 Å². The number of hydrogen-bond acceptors (Lipinski definition) is 2. The Bertz CT molecular complexity index is 722. The van der Waals surface area contributed by atoms with E-state index >= 15 is 0 Å². The van der Waals surface area contributed by atoms with Gasteiger partial charge >= 0.3 is 0 Å². The summed E-state index contributed by atoms with van der Waals surface area (Å²) in [6.07, 6.45) is 1.22. The quantitative estimate of drug-likeness (QED) is 0.853. The summed E-state index contributed by atoms with van der Waals surface area (Å²) in [6.45, 7) is 8.24. The van der Waals surface area contributed by atoms with Gasteiger partial charge in [-0.2, -0.15) is 0 Å². The second-order valence-corrected chi connectivity index (χ2v) is 6.44. The third kappa shape index (κ3) is 4.60. The minimum Gasteiger partial charge on any atom is -0.496 e. The molecule has 0 heterocycles. The van der Waals surface area contributed by atoms with Gasteiger partial charge in [0.15, 0.2) is 0 Å². The molecule has 3 heteroatoms. The molecule has 3 nitrogen and oxygen atoms in total. The van der Waals surface area contributed by atoms with Gasteiger partial charge in [-0.1, -0.05) is 30.3 Å². The van der Waals surface area contributed by atoms with Crippen LogP contribution in [0.1, 0.15) is 47.2 Å². The highest BCUT2D eigenvalue weighted by atomic mass is 16.5. The van der Waals surface area contributed by atoms with Crippen LogP contribution >= 0.6 is 0 Å². The Morgan fingerprint density at radius 1 is 1.04 bits per heavy atom. The van der Waals surface area contributed by atoms with Gasteiger partial charge in [-0.05, 0) is 68.0 Å². The number of carbonyl (C=O) groups is 1. The van der Waals surface area contributed by atoms with E-state index in [1.807, 2.05) is 26.0 Å². The zero-order chi connectivity index (χ0) is 17.7. The van der Waals surface area contributed by atoms with Gasteiger partial charge in [0.1, 0.15) is 5.75 Å². The van der Waals surface area contributed by atoms with Crippen LogP contribution in [0.4, 0.5) is 0 Å². The van der Waals surface area contributed by atoms with Crippen LogP contribution in [0.5, 0.6) is 5.75 Å². The number of aryl methyl sites for hydroxylation is 4. The van der Waals surface area contributed by atoms with Crippen LogP contribution in [0.15, 0.2) is 36.4 Å². The molecular weight excluding hydrogens is 298 g/mol. The largest absolute Gasteiger partial charge is 0.496 e. The van der Waals surface area contributed by atoms with E-state index in [-0.39, 0.29) is 11.9 Å². The van der Waals surface area contributed by atoms with Crippen molar-refractivity contribution in [3.63, 3.8) is 0 Å². The summed E-state index contributed by atoms with van der Waals surface area (Å²) >= 11 is 0. The van der Waals surface area contributed by atoms with Crippen molar-refractivity contribution in [1.29, 1.82) is 0 Å². The van der Waals surface area contributed by atoms with Gasteiger partial charge in [0.05, 0.1) is 13.2 Å². The predicted molar refractivity (Wildman–Crippen MR) is 98.5 cm³/mol. The predicted octanol–water partition coefficient (Wildman–Crippen LogP) is 4.43. The van der Waals surface area contributed by atoms with Gasteiger partial charge in [-0.3, -0.25) is 4.79 Å². The molecule has 0 saturated carbocycles. The number of nitrogens with one attached hydrogen (secondary N) is 1. The van der Waals surface area contributed by atoms with E-state index in [4.69, 9.17) is 4.74 Å². The zero-order valence-corrected chi connectivity index (χ0v) is 15.3. The molecule has 2 aromatic carbocycles. The van der Waals surface area contributed by atoms with Gasteiger partial charge in [-0.25, -0.2) is 0 Å². The fourth-order valence-electron chi connectivity index (χ4n) is 2.78. The van der Waals surface area contributed by atoms with Crippen molar-refractivity contribution in [2.24, 2.45) is 0 Å². The zero-order valence-electron chi connectivity index (χ0n) is 15.3. The Kier molecular flexibility index (Phi) is 6.02. The Labute approximate surface area is 145 Å². The third-order valence-corrected chi connectivity index (χ3v) is 4.51. The Hall–Kier alpha value is -2.29. The second-order valence-electron chi connectivity index (χ2n) is 6.44. The highest BCUT2D eigenvalue weighted by molar-refractivity contribution is 5.76. The fourth-order valence-corrected chi connectivity index (χ4v) is 2.78. The molecule has 2 rings (SSSR count). The van der Waals surface area contributed by atoms with Crippen molar-refractivity contribution in [3.8, 4) is 5.75 Å². The van der Waals surface area contributed by atoms with Crippen LogP contribution in [-0.2, 0) is 11.2 Å². The van der Waals surface area contributed by atoms with Crippen LogP contribution in [0.25, 0.3) is 0 Å². The monoisotopic (exact) mass is 325 g/mol. The first kappa shape index (κ1) is 18.1. The molecule has 0 fully saturated rings. The maximum atomic E-state index is 12.2. The van der Waals surface area contributed by atoms with Gasteiger partial charge in [0.25, 0.3) is 0 Å². The smallest absolute Gasteiger partial charge is 0.220 e. The Morgan fingerprint density at radius 2 is 1.79 bits per heavy atom. The Balaban J connectivity index is 1.90. The first-order valence-corrected chi connectivity index (χ1v) is 8.40. The molecule has 2 aromatic rings. The molecule has 0 aliphatic carbocycles. The molecular formula is C21H27NO2. The summed E-state index contributed by atoms with van der Waals surface area (Å²) in [7, 11) is 1.67. The number of benzene rings is 2. The van der Waals surface area contributed by atoms with Crippen molar-refractivity contribution >= 4 is 5.91 Å². The second kappa shape index (κ2) is 8.00. The maximum Gasteiger partial charge on any atom is 0.220 e. The van der Waals surface area contributed by atoms with E-state index in [9.17, 15) is 4.79 Å². The highest BCUT2D eigenvalue weighted by Crippen LogP contribution is 2.20. The molecule has 1 N–H and O–H groups in total. The molecule has 0 radical (unpaired) electrons. The van der Waals surface area contributed by atoms with Crippen molar-refractivity contribution in [3.05, 3.63) is 64.2 Å². The number of hydrogen-bond donors (Lipinski definition) is 1. The summed E-state index contributed by atoms with van der Waals surface area (Å²) in [5, 5.41) is 3.09. The topological polar surface area (TPSA) is 38.3 Å².